The fourth-order valence-electron chi connectivity index (χ4n) is 4.49. The summed E-state index contributed by atoms with van der Waals surface area (Å²) in [7, 11) is -3.83. The Hall–Kier alpha value is -2.38. The summed E-state index contributed by atoms with van der Waals surface area (Å²) in [4.78, 5) is 13.2. The van der Waals surface area contributed by atoms with E-state index in [9.17, 15) is 13.2 Å². The van der Waals surface area contributed by atoms with Gasteiger partial charge in [0, 0.05) is 11.7 Å². The summed E-state index contributed by atoms with van der Waals surface area (Å²) in [5, 5.41) is 2.96. The zero-order valence-corrected chi connectivity index (χ0v) is 20.3. The third-order valence-corrected chi connectivity index (χ3v) is 7.88. The Morgan fingerprint density at radius 1 is 1.03 bits per heavy atom. The molecular weight excluding hydrogens is 424 g/mol. The van der Waals surface area contributed by atoms with Crippen molar-refractivity contribution in [1.82, 2.24) is 4.31 Å². The highest BCUT2D eigenvalue weighted by atomic mass is 32.2. The summed E-state index contributed by atoms with van der Waals surface area (Å²) >= 11 is 0. The smallest absolute Gasteiger partial charge is 0.243 e. The quantitative estimate of drug-likeness (QED) is 0.606. The van der Waals surface area contributed by atoms with E-state index in [-0.39, 0.29) is 23.4 Å². The van der Waals surface area contributed by atoms with E-state index in [0.717, 1.165) is 54.5 Å². The van der Waals surface area contributed by atoms with E-state index >= 15 is 0 Å². The molecule has 1 aliphatic carbocycles. The minimum absolute atomic E-state index is 0.175. The molecule has 3 rings (SSSR count). The Morgan fingerprint density at radius 2 is 1.62 bits per heavy atom. The third-order valence-electron chi connectivity index (χ3n) is 5.96. The van der Waals surface area contributed by atoms with Crippen molar-refractivity contribution in [1.29, 1.82) is 0 Å². The first-order valence-electron chi connectivity index (χ1n) is 11.3. The number of anilines is 1. The van der Waals surface area contributed by atoms with Crippen molar-refractivity contribution in [3.8, 4) is 5.75 Å². The highest BCUT2D eigenvalue weighted by Gasteiger charge is 2.34. The number of aryl methyl sites for hydroxylation is 3. The van der Waals surface area contributed by atoms with Crippen molar-refractivity contribution in [2.45, 2.75) is 70.7 Å². The molecule has 0 bridgehead atoms. The van der Waals surface area contributed by atoms with Crippen molar-refractivity contribution >= 4 is 21.6 Å². The lowest BCUT2D eigenvalue weighted by atomic mass is 9.95. The molecule has 1 amide bonds. The summed E-state index contributed by atoms with van der Waals surface area (Å²) in [5.74, 6) is 0.305. The van der Waals surface area contributed by atoms with E-state index in [4.69, 9.17) is 4.74 Å². The fraction of sp³-hybridized carbons (Fsp3) is 0.480. The summed E-state index contributed by atoms with van der Waals surface area (Å²) in [6.45, 7) is 8.10. The SMILES string of the molecule is CCOc1ccc(S(=O)(=O)N(CC(=O)Nc2c(C)cc(C)cc2C)C2CCCCC2)cc1. The van der Waals surface area contributed by atoms with Gasteiger partial charge in [-0.2, -0.15) is 4.31 Å². The second-order valence-corrected chi connectivity index (χ2v) is 10.5. The van der Waals surface area contributed by atoms with E-state index in [0.29, 0.717) is 12.4 Å². The molecule has 0 heterocycles. The number of carbonyl (C=O) groups is 1. The fourth-order valence-corrected chi connectivity index (χ4v) is 6.13. The largest absolute Gasteiger partial charge is 0.494 e. The van der Waals surface area contributed by atoms with Gasteiger partial charge in [0.05, 0.1) is 18.0 Å². The van der Waals surface area contributed by atoms with Gasteiger partial charge in [0.1, 0.15) is 5.75 Å². The van der Waals surface area contributed by atoms with Gasteiger partial charge in [-0.25, -0.2) is 8.42 Å². The van der Waals surface area contributed by atoms with Crippen LogP contribution >= 0.6 is 0 Å². The Labute approximate surface area is 192 Å². The number of nitrogens with one attached hydrogen (secondary N) is 1. The molecule has 6 nitrogen and oxygen atoms in total. The van der Waals surface area contributed by atoms with Crippen LogP contribution < -0.4 is 10.1 Å². The molecule has 1 aliphatic rings. The van der Waals surface area contributed by atoms with Gasteiger partial charge in [0.25, 0.3) is 0 Å². The predicted octanol–water partition coefficient (Wildman–Crippen LogP) is 4.97. The van der Waals surface area contributed by atoms with Gasteiger partial charge in [-0.15, -0.1) is 0 Å². The van der Waals surface area contributed by atoms with Gasteiger partial charge < -0.3 is 10.1 Å². The number of hydrogen-bond donors (Lipinski definition) is 1. The van der Waals surface area contributed by atoms with Gasteiger partial charge in [-0.3, -0.25) is 4.79 Å². The molecule has 1 N–H and O–H groups in total. The lowest BCUT2D eigenvalue weighted by molar-refractivity contribution is -0.116. The van der Waals surface area contributed by atoms with Gasteiger partial charge in [-0.1, -0.05) is 37.0 Å². The van der Waals surface area contributed by atoms with Crippen LogP contribution in [0.2, 0.25) is 0 Å². The molecule has 0 saturated heterocycles. The topological polar surface area (TPSA) is 75.7 Å². The van der Waals surface area contributed by atoms with Crippen LogP contribution in [0, 0.1) is 20.8 Å². The van der Waals surface area contributed by atoms with Crippen LogP contribution in [-0.2, 0) is 14.8 Å². The lowest BCUT2D eigenvalue weighted by Crippen LogP contribution is -2.45. The standard InChI is InChI=1S/C25H34N2O4S/c1-5-31-22-11-13-23(14-12-22)32(29,30)27(21-9-7-6-8-10-21)17-24(28)26-25-19(3)15-18(2)16-20(25)4/h11-16,21H,5-10,17H2,1-4H3,(H,26,28). The maximum Gasteiger partial charge on any atom is 0.243 e. The van der Waals surface area contributed by atoms with Crippen molar-refractivity contribution in [2.24, 2.45) is 0 Å². The van der Waals surface area contributed by atoms with Gasteiger partial charge in [-0.05, 0) is 75.9 Å². The maximum atomic E-state index is 13.6. The second kappa shape index (κ2) is 10.5. The van der Waals surface area contributed by atoms with E-state index in [2.05, 4.69) is 5.32 Å². The average molecular weight is 459 g/mol. The molecule has 0 atom stereocenters. The van der Waals surface area contributed by atoms with E-state index in [1.807, 2.05) is 39.8 Å². The Morgan fingerprint density at radius 3 is 2.19 bits per heavy atom. The number of nitrogens with zero attached hydrogens (tertiary/aromatic N) is 1. The molecule has 7 heteroatoms. The third kappa shape index (κ3) is 5.70. The molecule has 0 aliphatic heterocycles. The monoisotopic (exact) mass is 458 g/mol. The first kappa shape index (κ1) is 24.3. The minimum atomic E-state index is -3.83. The molecule has 0 spiro atoms. The molecular formula is C25H34N2O4S. The van der Waals surface area contributed by atoms with Crippen LogP contribution in [-0.4, -0.2) is 37.8 Å². The second-order valence-electron chi connectivity index (χ2n) is 8.57. The van der Waals surface area contributed by atoms with Crippen LogP contribution in [0.4, 0.5) is 5.69 Å². The minimum Gasteiger partial charge on any atom is -0.494 e. The van der Waals surface area contributed by atoms with Gasteiger partial charge in [0.2, 0.25) is 15.9 Å². The van der Waals surface area contributed by atoms with Crippen LogP contribution in [0.1, 0.15) is 55.7 Å². The number of carbonyl (C=O) groups excluding carboxylic acids is 1. The molecule has 0 unspecified atom stereocenters. The summed E-state index contributed by atoms with van der Waals surface area (Å²) in [6, 6.07) is 10.3. The summed E-state index contributed by atoms with van der Waals surface area (Å²) in [6.07, 6.45) is 4.58. The van der Waals surface area contributed by atoms with Crippen molar-refractivity contribution in [3.05, 3.63) is 53.1 Å². The molecule has 174 valence electrons. The van der Waals surface area contributed by atoms with Crippen molar-refractivity contribution in [2.75, 3.05) is 18.5 Å². The van der Waals surface area contributed by atoms with Crippen LogP contribution in [0.5, 0.6) is 5.75 Å². The normalized spacial score (nSPS) is 15.0. The van der Waals surface area contributed by atoms with Crippen LogP contribution in [0.15, 0.2) is 41.3 Å². The highest BCUT2D eigenvalue weighted by molar-refractivity contribution is 7.89. The van der Waals surface area contributed by atoms with E-state index in [1.54, 1.807) is 24.3 Å². The van der Waals surface area contributed by atoms with E-state index in [1.165, 1.54) is 4.31 Å². The molecule has 1 fully saturated rings. The summed E-state index contributed by atoms with van der Waals surface area (Å²) in [5.41, 5.74) is 3.81. The Bertz CT molecular complexity index is 1020. The lowest BCUT2D eigenvalue weighted by Gasteiger charge is -2.33. The molecule has 2 aromatic rings. The zero-order chi connectivity index (χ0) is 23.3. The van der Waals surface area contributed by atoms with Gasteiger partial charge >= 0.3 is 0 Å². The molecule has 32 heavy (non-hydrogen) atoms. The first-order valence-corrected chi connectivity index (χ1v) is 12.8. The Kier molecular flexibility index (Phi) is 7.96. The Balaban J connectivity index is 1.86. The number of hydrogen-bond acceptors (Lipinski definition) is 4. The van der Waals surface area contributed by atoms with Gasteiger partial charge in [0.15, 0.2) is 0 Å². The predicted molar refractivity (Wildman–Crippen MR) is 128 cm³/mol. The number of sulfonamides is 1. The summed E-state index contributed by atoms with van der Waals surface area (Å²) < 4.78 is 34.0. The molecule has 1 saturated carbocycles. The molecule has 0 aromatic heterocycles. The number of benzene rings is 2. The van der Waals surface area contributed by atoms with Crippen LogP contribution in [0.3, 0.4) is 0 Å². The van der Waals surface area contributed by atoms with Crippen molar-refractivity contribution < 1.29 is 17.9 Å². The number of ether oxygens (including phenoxy) is 1. The van der Waals surface area contributed by atoms with Crippen molar-refractivity contribution in [3.63, 3.8) is 0 Å². The first-order chi connectivity index (χ1) is 15.2. The highest BCUT2D eigenvalue weighted by Crippen LogP contribution is 2.29. The van der Waals surface area contributed by atoms with E-state index < -0.39 is 10.0 Å². The average Bonchev–Trinajstić information content (AvgIpc) is 2.75. The molecule has 2 aromatic carbocycles. The molecule has 0 radical (unpaired) electrons. The number of amides is 1. The number of rotatable bonds is 8. The zero-order valence-electron chi connectivity index (χ0n) is 19.5. The maximum absolute atomic E-state index is 13.6. The van der Waals surface area contributed by atoms with Crippen LogP contribution in [0.25, 0.3) is 0 Å².